The average Bonchev–Trinajstić information content (AvgIpc) is 2.68. The second kappa shape index (κ2) is 8.51. The summed E-state index contributed by atoms with van der Waals surface area (Å²) in [5.74, 6) is -0.354. The van der Waals surface area contributed by atoms with E-state index < -0.39 is 0 Å². The molecule has 0 aliphatic carbocycles. The second-order valence-electron chi connectivity index (χ2n) is 7.63. The van der Waals surface area contributed by atoms with E-state index in [9.17, 15) is 14.0 Å². The number of rotatable bonds is 5. The van der Waals surface area contributed by atoms with Crippen LogP contribution in [0, 0.1) is 11.7 Å². The lowest BCUT2D eigenvalue weighted by atomic mass is 9.95. The maximum absolute atomic E-state index is 13.5. The highest BCUT2D eigenvalue weighted by Gasteiger charge is 2.30. The third-order valence-corrected chi connectivity index (χ3v) is 5.71. The van der Waals surface area contributed by atoms with Crippen LogP contribution in [0.15, 0.2) is 36.4 Å². The summed E-state index contributed by atoms with van der Waals surface area (Å²) in [5.41, 5.74) is 3.54. The van der Waals surface area contributed by atoms with Crippen LogP contribution in [-0.4, -0.2) is 24.9 Å². The molecule has 7 heteroatoms. The van der Waals surface area contributed by atoms with Gasteiger partial charge in [0, 0.05) is 42.5 Å². The normalized spacial score (nSPS) is 19.1. The van der Waals surface area contributed by atoms with Gasteiger partial charge in [-0.15, -0.1) is 0 Å². The van der Waals surface area contributed by atoms with Crippen LogP contribution in [0.1, 0.15) is 30.4 Å². The number of carbonyl (C=O) groups is 2. The fraction of sp³-hybridized carbons (Fsp3) is 0.364. The van der Waals surface area contributed by atoms with Crippen molar-refractivity contribution in [3.8, 4) is 0 Å². The number of nitrogens with zero attached hydrogens (tertiary/aromatic N) is 1. The Balaban J connectivity index is 1.39. The standard InChI is InChI=1S/C22H23ClFN3O2/c23-17-8-14(9-18(24)11-17)12-25-13-16-2-1-7-27(22(16)29)19-4-5-20-15(10-19)3-6-21(28)26-20/h4-5,8-11,16,25H,1-3,6-7,12-13H2,(H,26,28). The highest BCUT2D eigenvalue weighted by molar-refractivity contribution is 6.30. The van der Waals surface area contributed by atoms with Gasteiger partial charge in [0.25, 0.3) is 0 Å². The van der Waals surface area contributed by atoms with Crippen LogP contribution >= 0.6 is 11.6 Å². The molecular weight excluding hydrogens is 393 g/mol. The molecule has 152 valence electrons. The van der Waals surface area contributed by atoms with Crippen molar-refractivity contribution in [2.75, 3.05) is 23.3 Å². The lowest BCUT2D eigenvalue weighted by Gasteiger charge is -2.33. The zero-order valence-electron chi connectivity index (χ0n) is 16.0. The van der Waals surface area contributed by atoms with Crippen molar-refractivity contribution in [2.45, 2.75) is 32.2 Å². The van der Waals surface area contributed by atoms with Gasteiger partial charge in [0.15, 0.2) is 0 Å². The SMILES string of the molecule is O=C1CCc2cc(N3CCCC(CNCc4cc(F)cc(Cl)c4)C3=O)ccc2N1. The van der Waals surface area contributed by atoms with Crippen molar-refractivity contribution < 1.29 is 14.0 Å². The first-order valence-corrected chi connectivity index (χ1v) is 10.3. The number of piperidine rings is 1. The highest BCUT2D eigenvalue weighted by Crippen LogP contribution is 2.30. The van der Waals surface area contributed by atoms with Crippen molar-refractivity contribution >= 4 is 34.8 Å². The molecule has 2 aromatic carbocycles. The van der Waals surface area contributed by atoms with Crippen molar-refractivity contribution in [2.24, 2.45) is 5.92 Å². The van der Waals surface area contributed by atoms with E-state index in [0.29, 0.717) is 37.5 Å². The summed E-state index contributed by atoms with van der Waals surface area (Å²) >= 11 is 5.89. The molecule has 2 aliphatic heterocycles. The Morgan fingerprint density at radius 2 is 2.03 bits per heavy atom. The molecule has 4 rings (SSSR count). The van der Waals surface area contributed by atoms with Crippen LogP contribution in [0.2, 0.25) is 5.02 Å². The van der Waals surface area contributed by atoms with Crippen molar-refractivity contribution in [3.63, 3.8) is 0 Å². The van der Waals surface area contributed by atoms with Gasteiger partial charge in [-0.05, 0) is 66.8 Å². The van der Waals surface area contributed by atoms with E-state index in [1.54, 1.807) is 6.07 Å². The van der Waals surface area contributed by atoms with Crippen LogP contribution in [0.25, 0.3) is 0 Å². The monoisotopic (exact) mass is 415 g/mol. The van der Waals surface area contributed by atoms with E-state index in [1.165, 1.54) is 12.1 Å². The minimum Gasteiger partial charge on any atom is -0.326 e. The molecule has 2 aliphatic rings. The zero-order chi connectivity index (χ0) is 20.4. The van der Waals surface area contributed by atoms with E-state index in [0.717, 1.165) is 35.3 Å². The molecule has 0 saturated carbocycles. The molecule has 0 bridgehead atoms. The minimum atomic E-state index is -0.363. The lowest BCUT2D eigenvalue weighted by molar-refractivity contribution is -0.123. The van der Waals surface area contributed by atoms with Gasteiger partial charge in [0.05, 0.1) is 5.92 Å². The highest BCUT2D eigenvalue weighted by atomic mass is 35.5. The number of hydrogen-bond donors (Lipinski definition) is 2. The molecule has 29 heavy (non-hydrogen) atoms. The van der Waals surface area contributed by atoms with Crippen LogP contribution < -0.4 is 15.5 Å². The summed E-state index contributed by atoms with van der Waals surface area (Å²) in [6.07, 6.45) is 2.92. The molecule has 0 spiro atoms. The van der Waals surface area contributed by atoms with Gasteiger partial charge < -0.3 is 15.5 Å². The molecule has 5 nitrogen and oxygen atoms in total. The third-order valence-electron chi connectivity index (χ3n) is 5.49. The summed E-state index contributed by atoms with van der Waals surface area (Å²) in [7, 11) is 0. The van der Waals surface area contributed by atoms with Crippen molar-refractivity contribution in [3.05, 3.63) is 58.4 Å². The van der Waals surface area contributed by atoms with Gasteiger partial charge in [-0.1, -0.05) is 11.6 Å². The first-order valence-electron chi connectivity index (χ1n) is 9.89. The fourth-order valence-electron chi connectivity index (χ4n) is 4.04. The van der Waals surface area contributed by atoms with Gasteiger partial charge in [-0.2, -0.15) is 0 Å². The van der Waals surface area contributed by atoms with Crippen LogP contribution in [0.4, 0.5) is 15.8 Å². The van der Waals surface area contributed by atoms with Gasteiger partial charge >= 0.3 is 0 Å². The predicted octanol–water partition coefficient (Wildman–Crippen LogP) is 3.90. The predicted molar refractivity (Wildman–Crippen MR) is 112 cm³/mol. The van der Waals surface area contributed by atoms with Gasteiger partial charge in [0.2, 0.25) is 11.8 Å². The summed E-state index contributed by atoms with van der Waals surface area (Å²) in [6, 6.07) is 10.2. The summed E-state index contributed by atoms with van der Waals surface area (Å²) < 4.78 is 13.5. The largest absolute Gasteiger partial charge is 0.326 e. The van der Waals surface area contributed by atoms with Gasteiger partial charge in [-0.3, -0.25) is 9.59 Å². The van der Waals surface area contributed by atoms with Crippen LogP contribution in [-0.2, 0) is 22.6 Å². The Morgan fingerprint density at radius 1 is 1.17 bits per heavy atom. The van der Waals surface area contributed by atoms with Crippen LogP contribution in [0.5, 0.6) is 0 Å². The molecule has 2 amide bonds. The Hall–Kier alpha value is -2.44. The van der Waals surface area contributed by atoms with Gasteiger partial charge in [-0.25, -0.2) is 4.39 Å². The van der Waals surface area contributed by atoms with Gasteiger partial charge in [0.1, 0.15) is 5.82 Å². The van der Waals surface area contributed by atoms with Crippen molar-refractivity contribution in [1.82, 2.24) is 5.32 Å². The maximum atomic E-state index is 13.5. The number of aryl methyl sites for hydroxylation is 1. The number of nitrogens with one attached hydrogen (secondary N) is 2. The summed E-state index contributed by atoms with van der Waals surface area (Å²) in [4.78, 5) is 26.4. The summed E-state index contributed by atoms with van der Waals surface area (Å²) in [6.45, 7) is 1.68. The zero-order valence-corrected chi connectivity index (χ0v) is 16.8. The molecule has 2 heterocycles. The quantitative estimate of drug-likeness (QED) is 0.778. The Kier molecular flexibility index (Phi) is 5.83. The Labute approximate surface area is 174 Å². The van der Waals surface area contributed by atoms with E-state index in [2.05, 4.69) is 10.6 Å². The molecule has 1 atom stereocenters. The fourth-order valence-corrected chi connectivity index (χ4v) is 4.28. The molecule has 1 fully saturated rings. The topological polar surface area (TPSA) is 61.4 Å². The minimum absolute atomic E-state index is 0.0324. The number of hydrogen-bond acceptors (Lipinski definition) is 3. The number of amides is 2. The third kappa shape index (κ3) is 4.60. The Bertz CT molecular complexity index is 929. The number of anilines is 2. The molecule has 1 saturated heterocycles. The van der Waals surface area contributed by atoms with Crippen LogP contribution in [0.3, 0.4) is 0 Å². The number of benzene rings is 2. The van der Waals surface area contributed by atoms with E-state index in [1.807, 2.05) is 23.1 Å². The van der Waals surface area contributed by atoms with E-state index in [-0.39, 0.29) is 23.5 Å². The second-order valence-corrected chi connectivity index (χ2v) is 8.06. The first kappa shape index (κ1) is 19.9. The molecule has 2 aromatic rings. The number of fused-ring (bicyclic) bond motifs is 1. The Morgan fingerprint density at radius 3 is 2.86 bits per heavy atom. The van der Waals surface area contributed by atoms with E-state index >= 15 is 0 Å². The molecule has 0 radical (unpaired) electrons. The molecule has 1 unspecified atom stereocenters. The lowest BCUT2D eigenvalue weighted by Crippen LogP contribution is -2.45. The average molecular weight is 416 g/mol. The van der Waals surface area contributed by atoms with Crippen molar-refractivity contribution in [1.29, 1.82) is 0 Å². The number of carbonyl (C=O) groups excluding carboxylic acids is 2. The summed E-state index contributed by atoms with van der Waals surface area (Å²) in [5, 5.41) is 6.50. The smallest absolute Gasteiger partial charge is 0.231 e. The number of halogens is 2. The van der Waals surface area contributed by atoms with E-state index in [4.69, 9.17) is 11.6 Å². The molecular formula is C22H23ClFN3O2. The molecule has 0 aromatic heterocycles. The molecule has 2 N–H and O–H groups in total. The first-order chi connectivity index (χ1) is 14.0. The maximum Gasteiger partial charge on any atom is 0.231 e.